The molecule has 0 amide bonds. The van der Waals surface area contributed by atoms with E-state index in [1.54, 1.807) is 5.56 Å². The van der Waals surface area contributed by atoms with Crippen LogP contribution in [0.1, 0.15) is 55.2 Å². The van der Waals surface area contributed by atoms with E-state index >= 15 is 0 Å². The molecule has 4 aromatic rings. The summed E-state index contributed by atoms with van der Waals surface area (Å²) in [7, 11) is 2.18. The van der Waals surface area contributed by atoms with Crippen molar-refractivity contribution in [1.82, 2.24) is 4.98 Å². The van der Waals surface area contributed by atoms with Crippen LogP contribution in [0.2, 0.25) is 0 Å². The summed E-state index contributed by atoms with van der Waals surface area (Å²) < 4.78 is 8.65. The zero-order valence-corrected chi connectivity index (χ0v) is 18.0. The standard InChI is InChI=1S/C27H29N2O/c1-18-16-28-25-21-8-4-5-9-23(21)30-26(25)24(18)22-14-20-15-27(11-6-3-7-12-27)13-10-19(20)17-29(22)2/h4-5,8-9,14,16-17H,3,6-7,10-13,15H2,1-2H3/q+1. The molecule has 152 valence electrons. The predicted octanol–water partition coefficient (Wildman–Crippen LogP) is 6.22. The maximum absolute atomic E-state index is 6.35. The Morgan fingerprint density at radius 1 is 1.03 bits per heavy atom. The molecule has 0 radical (unpaired) electrons. The van der Waals surface area contributed by atoms with E-state index in [9.17, 15) is 0 Å². The highest BCUT2D eigenvalue weighted by atomic mass is 16.3. The van der Waals surface area contributed by atoms with Gasteiger partial charge in [0, 0.05) is 23.2 Å². The van der Waals surface area contributed by atoms with Gasteiger partial charge in [-0.15, -0.1) is 0 Å². The minimum absolute atomic E-state index is 0.546. The summed E-state index contributed by atoms with van der Waals surface area (Å²) in [5.74, 6) is 0. The van der Waals surface area contributed by atoms with Gasteiger partial charge in [0.1, 0.15) is 18.1 Å². The Balaban J connectivity index is 1.54. The predicted molar refractivity (Wildman–Crippen MR) is 120 cm³/mol. The molecule has 0 bridgehead atoms. The molecular weight excluding hydrogens is 368 g/mol. The number of rotatable bonds is 1. The van der Waals surface area contributed by atoms with Crippen molar-refractivity contribution in [3.63, 3.8) is 0 Å². The maximum atomic E-state index is 6.35. The molecule has 1 aromatic carbocycles. The van der Waals surface area contributed by atoms with Crippen LogP contribution in [0.5, 0.6) is 0 Å². The lowest BCUT2D eigenvalue weighted by Crippen LogP contribution is -2.36. The lowest BCUT2D eigenvalue weighted by molar-refractivity contribution is -0.660. The van der Waals surface area contributed by atoms with Crippen molar-refractivity contribution in [2.24, 2.45) is 12.5 Å². The first-order chi connectivity index (χ1) is 14.6. The van der Waals surface area contributed by atoms with E-state index in [1.165, 1.54) is 73.8 Å². The van der Waals surface area contributed by atoms with Crippen molar-refractivity contribution in [2.45, 2.75) is 58.3 Å². The summed E-state index contributed by atoms with van der Waals surface area (Å²) in [4.78, 5) is 4.74. The van der Waals surface area contributed by atoms with Gasteiger partial charge in [-0.25, -0.2) is 4.57 Å². The zero-order chi connectivity index (χ0) is 20.3. The van der Waals surface area contributed by atoms with Crippen LogP contribution in [0.4, 0.5) is 0 Å². The third-order valence-corrected chi connectivity index (χ3v) is 7.69. The number of para-hydroxylation sites is 1. The molecule has 0 saturated heterocycles. The van der Waals surface area contributed by atoms with Gasteiger partial charge in [-0.1, -0.05) is 31.4 Å². The van der Waals surface area contributed by atoms with Crippen LogP contribution in [-0.4, -0.2) is 4.98 Å². The number of benzene rings is 1. The Bertz CT molecular complexity index is 1280. The Kier molecular flexibility index (Phi) is 4.02. The van der Waals surface area contributed by atoms with Crippen LogP contribution >= 0.6 is 0 Å². The summed E-state index contributed by atoms with van der Waals surface area (Å²) in [6.45, 7) is 2.15. The molecule has 0 aliphatic heterocycles. The lowest BCUT2D eigenvalue weighted by Gasteiger charge is -2.41. The molecule has 3 heteroatoms. The van der Waals surface area contributed by atoms with Gasteiger partial charge in [0.15, 0.2) is 11.8 Å². The number of fused-ring (bicyclic) bond motifs is 4. The number of furan rings is 1. The average Bonchev–Trinajstić information content (AvgIpc) is 3.13. The highest BCUT2D eigenvalue weighted by Crippen LogP contribution is 2.46. The Morgan fingerprint density at radius 3 is 2.73 bits per heavy atom. The van der Waals surface area contributed by atoms with E-state index in [0.29, 0.717) is 5.41 Å². The fraction of sp³-hybridized carbons (Fsp3) is 0.407. The van der Waals surface area contributed by atoms with Crippen LogP contribution in [-0.2, 0) is 19.9 Å². The number of hydrogen-bond donors (Lipinski definition) is 0. The minimum atomic E-state index is 0.546. The first kappa shape index (κ1) is 18.1. The fourth-order valence-electron chi connectivity index (χ4n) is 6.06. The Labute approximate surface area is 177 Å². The van der Waals surface area contributed by atoms with Crippen LogP contribution in [0, 0.1) is 12.3 Å². The van der Waals surface area contributed by atoms with Crippen molar-refractivity contribution >= 4 is 22.1 Å². The van der Waals surface area contributed by atoms with Gasteiger partial charge < -0.3 is 4.42 Å². The number of nitrogens with zero attached hydrogens (tertiary/aromatic N) is 2. The summed E-state index contributed by atoms with van der Waals surface area (Å²) in [6, 6.07) is 10.7. The molecule has 0 N–H and O–H groups in total. The van der Waals surface area contributed by atoms with Crippen molar-refractivity contribution in [3.05, 3.63) is 59.4 Å². The quantitative estimate of drug-likeness (QED) is 0.357. The third-order valence-electron chi connectivity index (χ3n) is 7.69. The van der Waals surface area contributed by atoms with Crippen LogP contribution in [0.15, 0.2) is 47.1 Å². The first-order valence-corrected chi connectivity index (χ1v) is 11.4. The van der Waals surface area contributed by atoms with Gasteiger partial charge in [0.2, 0.25) is 5.69 Å². The average molecular weight is 398 g/mol. The Morgan fingerprint density at radius 2 is 1.87 bits per heavy atom. The van der Waals surface area contributed by atoms with E-state index in [4.69, 9.17) is 9.40 Å². The Hall–Kier alpha value is -2.68. The van der Waals surface area contributed by atoms with Crippen molar-refractivity contribution in [1.29, 1.82) is 0 Å². The van der Waals surface area contributed by atoms with E-state index in [-0.39, 0.29) is 0 Å². The highest BCUT2D eigenvalue weighted by molar-refractivity contribution is 6.07. The highest BCUT2D eigenvalue weighted by Gasteiger charge is 2.37. The first-order valence-electron chi connectivity index (χ1n) is 11.4. The van der Waals surface area contributed by atoms with Gasteiger partial charge in [0.25, 0.3) is 0 Å². The molecule has 1 fully saturated rings. The largest absolute Gasteiger partial charge is 0.453 e. The topological polar surface area (TPSA) is 29.9 Å². The molecule has 3 aromatic heterocycles. The van der Waals surface area contributed by atoms with Crippen molar-refractivity contribution in [2.75, 3.05) is 0 Å². The number of aromatic nitrogens is 2. The van der Waals surface area contributed by atoms with Crippen molar-refractivity contribution in [3.8, 4) is 11.3 Å². The molecule has 30 heavy (non-hydrogen) atoms. The molecule has 0 atom stereocenters. The monoisotopic (exact) mass is 397 g/mol. The normalized spacial score (nSPS) is 18.2. The molecule has 0 unspecified atom stereocenters. The lowest BCUT2D eigenvalue weighted by atomic mass is 9.64. The van der Waals surface area contributed by atoms with Crippen LogP contribution in [0.3, 0.4) is 0 Å². The maximum Gasteiger partial charge on any atom is 0.216 e. The number of hydrogen-bond acceptors (Lipinski definition) is 2. The van der Waals surface area contributed by atoms with Gasteiger partial charge in [-0.05, 0) is 67.7 Å². The second-order valence-electron chi connectivity index (χ2n) is 9.65. The molecular formula is C27H29N2O+. The summed E-state index contributed by atoms with van der Waals surface area (Å²) in [5.41, 5.74) is 10.0. The van der Waals surface area contributed by atoms with E-state index < -0.39 is 0 Å². The molecule has 1 spiro atoms. The molecule has 3 heterocycles. The second kappa shape index (κ2) is 6.66. The summed E-state index contributed by atoms with van der Waals surface area (Å²) in [6.07, 6.45) is 15.2. The molecule has 2 aliphatic carbocycles. The third kappa shape index (κ3) is 2.71. The van der Waals surface area contributed by atoms with E-state index in [2.05, 4.69) is 42.9 Å². The smallest absolute Gasteiger partial charge is 0.216 e. The molecule has 6 rings (SSSR count). The van der Waals surface area contributed by atoms with Gasteiger partial charge >= 0.3 is 0 Å². The zero-order valence-electron chi connectivity index (χ0n) is 18.0. The molecule has 3 nitrogen and oxygen atoms in total. The number of aryl methyl sites for hydroxylation is 3. The minimum Gasteiger partial charge on any atom is -0.453 e. The second-order valence-corrected chi connectivity index (χ2v) is 9.65. The van der Waals surface area contributed by atoms with Crippen LogP contribution < -0.4 is 4.57 Å². The SMILES string of the molecule is Cc1cnc2c(oc3ccccc32)c1-c1cc2c(c[n+]1C)CCC1(CCCCC1)C2. The van der Waals surface area contributed by atoms with Gasteiger partial charge in [-0.3, -0.25) is 4.98 Å². The van der Waals surface area contributed by atoms with Gasteiger partial charge in [-0.2, -0.15) is 0 Å². The van der Waals surface area contributed by atoms with E-state index in [0.717, 1.165) is 22.1 Å². The fourth-order valence-corrected chi connectivity index (χ4v) is 6.06. The van der Waals surface area contributed by atoms with Crippen molar-refractivity contribution < 1.29 is 8.98 Å². The molecule has 1 saturated carbocycles. The van der Waals surface area contributed by atoms with Gasteiger partial charge in [0.05, 0.1) is 5.56 Å². The number of pyridine rings is 2. The summed E-state index contributed by atoms with van der Waals surface area (Å²) in [5, 5.41) is 1.09. The van der Waals surface area contributed by atoms with Crippen LogP contribution in [0.25, 0.3) is 33.3 Å². The van der Waals surface area contributed by atoms with E-state index in [1.807, 2.05) is 18.3 Å². The summed E-state index contributed by atoms with van der Waals surface area (Å²) >= 11 is 0. The molecule has 2 aliphatic rings.